The van der Waals surface area contributed by atoms with Crippen LogP contribution in [0.5, 0.6) is 0 Å². The van der Waals surface area contributed by atoms with Crippen LogP contribution >= 0.6 is 11.6 Å². The Labute approximate surface area is 165 Å². The molecule has 1 aliphatic heterocycles. The van der Waals surface area contributed by atoms with E-state index in [-0.39, 0.29) is 11.9 Å². The summed E-state index contributed by atoms with van der Waals surface area (Å²) in [5.74, 6) is 0.0150. The van der Waals surface area contributed by atoms with Gasteiger partial charge in [-0.05, 0) is 22.8 Å². The van der Waals surface area contributed by atoms with Crippen LogP contribution in [0.3, 0.4) is 0 Å². The Morgan fingerprint density at radius 2 is 1.96 bits per heavy atom. The molecular weight excluding hydrogens is 362 g/mol. The monoisotopic (exact) mass is 387 g/mol. The standard InChI is InChI=1S/C21H26ClN3O2/c1-27-15-17-7-3-2-6-16(17)12-24-21(26)14-25-11-10-23-13-20(25)18-8-4-5-9-19(18)22/h2-9,20,23H,10-15H2,1H3,(H,24,26). The molecule has 1 saturated heterocycles. The zero-order valence-corrected chi connectivity index (χ0v) is 16.3. The molecule has 6 heteroatoms. The number of ether oxygens (including phenoxy) is 1. The third-order valence-corrected chi connectivity index (χ3v) is 5.20. The highest BCUT2D eigenvalue weighted by atomic mass is 35.5. The van der Waals surface area contributed by atoms with Gasteiger partial charge < -0.3 is 15.4 Å². The minimum atomic E-state index is 0.0150. The second-order valence-corrected chi connectivity index (χ2v) is 7.10. The second kappa shape index (κ2) is 9.85. The summed E-state index contributed by atoms with van der Waals surface area (Å²) >= 11 is 6.38. The number of halogens is 1. The van der Waals surface area contributed by atoms with Crippen molar-refractivity contribution in [3.8, 4) is 0 Å². The number of hydrogen-bond acceptors (Lipinski definition) is 4. The van der Waals surface area contributed by atoms with Crippen LogP contribution in [0.25, 0.3) is 0 Å². The van der Waals surface area contributed by atoms with Crippen molar-refractivity contribution in [1.82, 2.24) is 15.5 Å². The van der Waals surface area contributed by atoms with Crippen LogP contribution in [-0.2, 0) is 22.7 Å². The minimum Gasteiger partial charge on any atom is -0.380 e. The molecule has 1 unspecified atom stereocenters. The van der Waals surface area contributed by atoms with Crippen molar-refractivity contribution >= 4 is 17.5 Å². The Bertz CT molecular complexity index is 769. The van der Waals surface area contributed by atoms with Crippen molar-refractivity contribution in [2.45, 2.75) is 19.2 Å². The van der Waals surface area contributed by atoms with Gasteiger partial charge in [-0.1, -0.05) is 54.1 Å². The first-order chi connectivity index (χ1) is 13.2. The van der Waals surface area contributed by atoms with Crippen molar-refractivity contribution in [3.05, 3.63) is 70.2 Å². The molecule has 0 aromatic heterocycles. The summed E-state index contributed by atoms with van der Waals surface area (Å²) in [5, 5.41) is 7.18. The van der Waals surface area contributed by atoms with E-state index < -0.39 is 0 Å². The van der Waals surface area contributed by atoms with Crippen LogP contribution in [-0.4, -0.2) is 44.1 Å². The highest BCUT2D eigenvalue weighted by Crippen LogP contribution is 2.28. The predicted octanol–water partition coefficient (Wildman–Crippen LogP) is 2.75. The lowest BCUT2D eigenvalue weighted by Crippen LogP contribution is -2.49. The number of carbonyl (C=O) groups excluding carboxylic acids is 1. The first-order valence-corrected chi connectivity index (χ1v) is 9.58. The Hall–Kier alpha value is -1.92. The summed E-state index contributed by atoms with van der Waals surface area (Å²) < 4.78 is 5.23. The molecule has 1 aliphatic rings. The van der Waals surface area contributed by atoms with Gasteiger partial charge in [0.15, 0.2) is 0 Å². The Balaban J connectivity index is 1.62. The minimum absolute atomic E-state index is 0.0150. The van der Waals surface area contributed by atoms with E-state index in [0.717, 1.165) is 41.3 Å². The molecule has 0 radical (unpaired) electrons. The van der Waals surface area contributed by atoms with Crippen LogP contribution in [0.15, 0.2) is 48.5 Å². The molecule has 27 heavy (non-hydrogen) atoms. The number of carbonyl (C=O) groups is 1. The molecule has 144 valence electrons. The molecule has 2 N–H and O–H groups in total. The molecule has 2 aromatic carbocycles. The zero-order valence-electron chi connectivity index (χ0n) is 15.6. The lowest BCUT2D eigenvalue weighted by molar-refractivity contribution is -0.123. The van der Waals surface area contributed by atoms with Gasteiger partial charge >= 0.3 is 0 Å². The normalized spacial score (nSPS) is 17.6. The molecule has 2 aromatic rings. The maximum atomic E-state index is 12.6. The second-order valence-electron chi connectivity index (χ2n) is 6.69. The first-order valence-electron chi connectivity index (χ1n) is 9.20. The van der Waals surface area contributed by atoms with E-state index in [2.05, 4.69) is 15.5 Å². The molecule has 0 saturated carbocycles. The van der Waals surface area contributed by atoms with Gasteiger partial charge in [0.25, 0.3) is 0 Å². The number of hydrogen-bond donors (Lipinski definition) is 2. The average molecular weight is 388 g/mol. The molecule has 1 heterocycles. The van der Waals surface area contributed by atoms with E-state index in [0.29, 0.717) is 19.7 Å². The summed E-state index contributed by atoms with van der Waals surface area (Å²) in [6.45, 7) is 3.85. The van der Waals surface area contributed by atoms with Gasteiger partial charge in [0.2, 0.25) is 5.91 Å². The Morgan fingerprint density at radius 1 is 1.22 bits per heavy atom. The molecular formula is C21H26ClN3O2. The van der Waals surface area contributed by atoms with Crippen LogP contribution in [0.2, 0.25) is 5.02 Å². The Morgan fingerprint density at radius 3 is 2.74 bits per heavy atom. The molecule has 0 aliphatic carbocycles. The fraction of sp³-hybridized carbons (Fsp3) is 0.381. The maximum absolute atomic E-state index is 12.6. The summed E-state index contributed by atoms with van der Waals surface area (Å²) in [6, 6.07) is 15.9. The smallest absolute Gasteiger partial charge is 0.234 e. The maximum Gasteiger partial charge on any atom is 0.234 e. The van der Waals surface area contributed by atoms with Gasteiger partial charge in [0.05, 0.1) is 13.2 Å². The van der Waals surface area contributed by atoms with E-state index in [4.69, 9.17) is 16.3 Å². The van der Waals surface area contributed by atoms with E-state index in [9.17, 15) is 4.79 Å². The molecule has 1 fully saturated rings. The van der Waals surface area contributed by atoms with E-state index in [1.54, 1.807) is 7.11 Å². The SMILES string of the molecule is COCc1ccccc1CNC(=O)CN1CCNCC1c1ccccc1Cl. The van der Waals surface area contributed by atoms with Crippen LogP contribution in [0.4, 0.5) is 0 Å². The number of benzene rings is 2. The number of amides is 1. The van der Waals surface area contributed by atoms with E-state index in [1.807, 2.05) is 48.5 Å². The van der Waals surface area contributed by atoms with Crippen molar-refractivity contribution in [3.63, 3.8) is 0 Å². The molecule has 0 bridgehead atoms. The fourth-order valence-electron chi connectivity index (χ4n) is 3.45. The number of methoxy groups -OCH3 is 1. The molecule has 1 atom stereocenters. The van der Waals surface area contributed by atoms with Crippen molar-refractivity contribution < 1.29 is 9.53 Å². The number of nitrogens with zero attached hydrogens (tertiary/aromatic N) is 1. The Kier molecular flexibility index (Phi) is 7.24. The highest BCUT2D eigenvalue weighted by Gasteiger charge is 2.26. The lowest BCUT2D eigenvalue weighted by Gasteiger charge is -2.36. The number of piperazine rings is 1. The first kappa shape index (κ1) is 19.8. The molecule has 3 rings (SSSR count). The summed E-state index contributed by atoms with van der Waals surface area (Å²) in [6.07, 6.45) is 0. The van der Waals surface area contributed by atoms with Gasteiger partial charge in [-0.15, -0.1) is 0 Å². The van der Waals surface area contributed by atoms with E-state index in [1.165, 1.54) is 0 Å². The highest BCUT2D eigenvalue weighted by molar-refractivity contribution is 6.31. The third-order valence-electron chi connectivity index (χ3n) is 4.86. The van der Waals surface area contributed by atoms with Crippen LogP contribution in [0, 0.1) is 0 Å². The lowest BCUT2D eigenvalue weighted by atomic mass is 10.0. The van der Waals surface area contributed by atoms with Gasteiger partial charge in [-0.3, -0.25) is 9.69 Å². The molecule has 0 spiro atoms. The number of nitrogens with one attached hydrogen (secondary N) is 2. The quantitative estimate of drug-likeness (QED) is 0.767. The summed E-state index contributed by atoms with van der Waals surface area (Å²) in [7, 11) is 1.68. The average Bonchev–Trinajstić information content (AvgIpc) is 2.69. The van der Waals surface area contributed by atoms with Gasteiger partial charge in [-0.25, -0.2) is 0 Å². The van der Waals surface area contributed by atoms with Gasteiger partial charge in [0, 0.05) is 44.4 Å². The van der Waals surface area contributed by atoms with E-state index >= 15 is 0 Å². The third kappa shape index (κ3) is 5.30. The van der Waals surface area contributed by atoms with Crippen molar-refractivity contribution in [2.75, 3.05) is 33.3 Å². The molecule has 1 amide bonds. The zero-order chi connectivity index (χ0) is 19.1. The van der Waals surface area contributed by atoms with Gasteiger partial charge in [0.1, 0.15) is 0 Å². The summed E-state index contributed by atoms with van der Waals surface area (Å²) in [5.41, 5.74) is 3.23. The van der Waals surface area contributed by atoms with Crippen molar-refractivity contribution in [1.29, 1.82) is 0 Å². The predicted molar refractivity (Wildman–Crippen MR) is 108 cm³/mol. The number of rotatable bonds is 7. The largest absolute Gasteiger partial charge is 0.380 e. The van der Waals surface area contributed by atoms with Crippen molar-refractivity contribution in [2.24, 2.45) is 0 Å². The fourth-order valence-corrected chi connectivity index (χ4v) is 3.71. The van der Waals surface area contributed by atoms with Crippen LogP contribution in [0.1, 0.15) is 22.7 Å². The topological polar surface area (TPSA) is 53.6 Å². The van der Waals surface area contributed by atoms with Crippen LogP contribution < -0.4 is 10.6 Å². The van der Waals surface area contributed by atoms with Gasteiger partial charge in [-0.2, -0.15) is 0 Å². The summed E-state index contributed by atoms with van der Waals surface area (Å²) in [4.78, 5) is 14.8. The molecule has 5 nitrogen and oxygen atoms in total.